The Kier molecular flexibility index (Phi) is 4.90. The summed E-state index contributed by atoms with van der Waals surface area (Å²) in [5.74, 6) is -0.309. The SMILES string of the molecule is COCc1c(C(=O)Nc2cccc(C)c2)nnn1-c1ccc(C)cc1. The van der Waals surface area contributed by atoms with E-state index in [1.807, 2.05) is 62.4 Å². The molecule has 0 spiro atoms. The van der Waals surface area contributed by atoms with Crippen LogP contribution in [0.2, 0.25) is 0 Å². The summed E-state index contributed by atoms with van der Waals surface area (Å²) in [6.07, 6.45) is 0. The Labute approximate surface area is 146 Å². The highest BCUT2D eigenvalue weighted by molar-refractivity contribution is 6.03. The molecule has 2 aromatic carbocycles. The van der Waals surface area contributed by atoms with Gasteiger partial charge in [-0.1, -0.05) is 35.0 Å². The number of amides is 1. The zero-order valence-corrected chi connectivity index (χ0v) is 14.5. The van der Waals surface area contributed by atoms with Crippen molar-refractivity contribution in [3.05, 3.63) is 71.0 Å². The molecule has 3 aromatic rings. The number of aromatic nitrogens is 3. The van der Waals surface area contributed by atoms with Crippen LogP contribution in [0.4, 0.5) is 5.69 Å². The van der Waals surface area contributed by atoms with Gasteiger partial charge in [0.25, 0.3) is 5.91 Å². The van der Waals surface area contributed by atoms with Crippen molar-refractivity contribution in [2.45, 2.75) is 20.5 Å². The second-order valence-corrected chi connectivity index (χ2v) is 5.89. The Hall–Kier alpha value is -2.99. The first kappa shape index (κ1) is 16.9. The minimum Gasteiger partial charge on any atom is -0.378 e. The molecule has 1 N–H and O–H groups in total. The summed E-state index contributed by atoms with van der Waals surface area (Å²) in [7, 11) is 1.58. The van der Waals surface area contributed by atoms with E-state index in [1.54, 1.807) is 11.8 Å². The Morgan fingerprint density at radius 2 is 1.88 bits per heavy atom. The van der Waals surface area contributed by atoms with Crippen LogP contribution >= 0.6 is 0 Å². The van der Waals surface area contributed by atoms with Gasteiger partial charge >= 0.3 is 0 Å². The second-order valence-electron chi connectivity index (χ2n) is 5.89. The quantitative estimate of drug-likeness (QED) is 0.776. The monoisotopic (exact) mass is 336 g/mol. The van der Waals surface area contributed by atoms with E-state index in [1.165, 1.54) is 0 Å². The van der Waals surface area contributed by atoms with Gasteiger partial charge in [0.05, 0.1) is 12.3 Å². The van der Waals surface area contributed by atoms with Gasteiger partial charge in [0.1, 0.15) is 5.69 Å². The molecule has 25 heavy (non-hydrogen) atoms. The van der Waals surface area contributed by atoms with Crippen LogP contribution in [0.15, 0.2) is 48.5 Å². The van der Waals surface area contributed by atoms with Gasteiger partial charge < -0.3 is 10.1 Å². The fourth-order valence-corrected chi connectivity index (χ4v) is 2.55. The molecule has 0 aliphatic carbocycles. The van der Waals surface area contributed by atoms with Crippen LogP contribution in [-0.2, 0) is 11.3 Å². The summed E-state index contributed by atoms with van der Waals surface area (Å²) in [4.78, 5) is 12.6. The van der Waals surface area contributed by atoms with Gasteiger partial charge in [-0.2, -0.15) is 0 Å². The number of anilines is 1. The largest absolute Gasteiger partial charge is 0.378 e. The highest BCUT2D eigenvalue weighted by Gasteiger charge is 2.20. The number of hydrogen-bond donors (Lipinski definition) is 1. The zero-order valence-electron chi connectivity index (χ0n) is 14.5. The lowest BCUT2D eigenvalue weighted by Gasteiger charge is -2.08. The van der Waals surface area contributed by atoms with E-state index in [4.69, 9.17) is 4.74 Å². The van der Waals surface area contributed by atoms with Gasteiger partial charge in [-0.25, -0.2) is 4.68 Å². The van der Waals surface area contributed by atoms with Crippen molar-refractivity contribution in [1.82, 2.24) is 15.0 Å². The van der Waals surface area contributed by atoms with Gasteiger partial charge in [-0.3, -0.25) is 4.79 Å². The predicted molar refractivity (Wildman–Crippen MR) is 95.9 cm³/mol. The standard InChI is InChI=1S/C19H20N4O2/c1-13-7-9-16(10-8-13)23-17(12-25-3)18(21-22-23)19(24)20-15-6-4-5-14(2)11-15/h4-11H,12H2,1-3H3,(H,20,24). The van der Waals surface area contributed by atoms with Gasteiger partial charge in [0.2, 0.25) is 0 Å². The molecule has 0 aliphatic rings. The molecule has 6 nitrogen and oxygen atoms in total. The van der Waals surface area contributed by atoms with Crippen LogP contribution in [-0.4, -0.2) is 28.0 Å². The zero-order chi connectivity index (χ0) is 17.8. The molecule has 3 rings (SSSR count). The smallest absolute Gasteiger partial charge is 0.278 e. The minimum absolute atomic E-state index is 0.234. The van der Waals surface area contributed by atoms with E-state index in [-0.39, 0.29) is 18.2 Å². The van der Waals surface area contributed by atoms with Crippen LogP contribution in [0, 0.1) is 13.8 Å². The molecule has 0 radical (unpaired) electrons. The number of benzene rings is 2. The lowest BCUT2D eigenvalue weighted by molar-refractivity contribution is 0.101. The van der Waals surface area contributed by atoms with E-state index in [2.05, 4.69) is 15.6 Å². The first-order chi connectivity index (χ1) is 12.1. The minimum atomic E-state index is -0.309. The summed E-state index contributed by atoms with van der Waals surface area (Å²) in [5.41, 5.74) is 4.63. The van der Waals surface area contributed by atoms with E-state index in [0.717, 1.165) is 22.5 Å². The van der Waals surface area contributed by atoms with Crippen molar-refractivity contribution in [2.24, 2.45) is 0 Å². The van der Waals surface area contributed by atoms with E-state index in [0.29, 0.717) is 5.69 Å². The number of hydrogen-bond acceptors (Lipinski definition) is 4. The van der Waals surface area contributed by atoms with E-state index >= 15 is 0 Å². The lowest BCUT2D eigenvalue weighted by atomic mass is 10.2. The Bertz CT molecular complexity index is 885. The molecule has 0 saturated heterocycles. The van der Waals surface area contributed by atoms with Crippen LogP contribution < -0.4 is 5.32 Å². The number of methoxy groups -OCH3 is 1. The normalized spacial score (nSPS) is 10.7. The van der Waals surface area contributed by atoms with Crippen LogP contribution in [0.1, 0.15) is 27.3 Å². The number of rotatable bonds is 5. The molecule has 0 unspecified atom stereocenters. The number of ether oxygens (including phenoxy) is 1. The fourth-order valence-electron chi connectivity index (χ4n) is 2.55. The van der Waals surface area contributed by atoms with Crippen molar-refractivity contribution in [1.29, 1.82) is 0 Å². The molecule has 0 bridgehead atoms. The number of nitrogens with one attached hydrogen (secondary N) is 1. The van der Waals surface area contributed by atoms with Crippen molar-refractivity contribution < 1.29 is 9.53 Å². The predicted octanol–water partition coefficient (Wildman–Crippen LogP) is 3.28. The van der Waals surface area contributed by atoms with Crippen molar-refractivity contribution in [3.8, 4) is 5.69 Å². The van der Waals surface area contributed by atoms with E-state index < -0.39 is 0 Å². The summed E-state index contributed by atoms with van der Waals surface area (Å²) < 4.78 is 6.88. The molecular formula is C19H20N4O2. The maximum atomic E-state index is 12.6. The summed E-state index contributed by atoms with van der Waals surface area (Å²) in [6.45, 7) is 4.22. The first-order valence-corrected chi connectivity index (χ1v) is 7.97. The summed E-state index contributed by atoms with van der Waals surface area (Å²) in [6, 6.07) is 15.4. The van der Waals surface area contributed by atoms with Crippen LogP contribution in [0.25, 0.3) is 5.69 Å². The summed E-state index contributed by atoms with van der Waals surface area (Å²) >= 11 is 0. The van der Waals surface area contributed by atoms with Gasteiger partial charge in [0.15, 0.2) is 5.69 Å². The molecule has 1 heterocycles. The van der Waals surface area contributed by atoms with Crippen molar-refractivity contribution in [3.63, 3.8) is 0 Å². The Morgan fingerprint density at radius 1 is 1.12 bits per heavy atom. The van der Waals surface area contributed by atoms with Crippen LogP contribution in [0.5, 0.6) is 0 Å². The summed E-state index contributed by atoms with van der Waals surface area (Å²) in [5, 5.41) is 11.1. The van der Waals surface area contributed by atoms with Gasteiger partial charge in [-0.05, 0) is 43.7 Å². The third-order valence-electron chi connectivity index (χ3n) is 3.81. The molecule has 1 amide bonds. The van der Waals surface area contributed by atoms with Crippen LogP contribution in [0.3, 0.4) is 0 Å². The number of aryl methyl sites for hydroxylation is 2. The lowest BCUT2D eigenvalue weighted by Crippen LogP contribution is -2.16. The third kappa shape index (κ3) is 3.75. The number of carbonyl (C=O) groups is 1. The first-order valence-electron chi connectivity index (χ1n) is 7.97. The number of nitrogens with zero attached hydrogens (tertiary/aromatic N) is 3. The maximum absolute atomic E-state index is 12.6. The average Bonchev–Trinajstić information content (AvgIpc) is 3.00. The van der Waals surface area contributed by atoms with Crippen molar-refractivity contribution >= 4 is 11.6 Å². The van der Waals surface area contributed by atoms with E-state index in [9.17, 15) is 4.79 Å². The molecular weight excluding hydrogens is 316 g/mol. The molecule has 1 aromatic heterocycles. The number of carbonyl (C=O) groups excluding carboxylic acids is 1. The highest BCUT2D eigenvalue weighted by atomic mass is 16.5. The molecule has 0 aliphatic heterocycles. The third-order valence-corrected chi connectivity index (χ3v) is 3.81. The van der Waals surface area contributed by atoms with Gasteiger partial charge in [0, 0.05) is 12.8 Å². The molecule has 0 saturated carbocycles. The Morgan fingerprint density at radius 3 is 2.56 bits per heavy atom. The second kappa shape index (κ2) is 7.27. The fraction of sp³-hybridized carbons (Fsp3) is 0.211. The molecule has 0 atom stereocenters. The highest BCUT2D eigenvalue weighted by Crippen LogP contribution is 2.17. The molecule has 0 fully saturated rings. The average molecular weight is 336 g/mol. The molecule has 6 heteroatoms. The maximum Gasteiger partial charge on any atom is 0.278 e. The van der Waals surface area contributed by atoms with Gasteiger partial charge in [-0.15, -0.1) is 5.10 Å². The Balaban J connectivity index is 1.93. The molecule has 128 valence electrons. The van der Waals surface area contributed by atoms with Crippen molar-refractivity contribution in [2.75, 3.05) is 12.4 Å². The topological polar surface area (TPSA) is 69.0 Å².